The fourth-order valence-corrected chi connectivity index (χ4v) is 3.18. The number of carbonyl (C=O) groups excluding carboxylic acids is 2. The van der Waals surface area contributed by atoms with E-state index < -0.39 is 11.7 Å². The standard InChI is InChI=1S/C21H17N3O3/c1-13-8-9-14(2)19-18(13)20(25)21(26)24(19)12-17-23-22-16(27-17)11-10-15-6-4-3-5-7-15/h3-11H,12H2,1-2H3/b11-10+. The van der Waals surface area contributed by atoms with E-state index in [1.54, 1.807) is 6.08 Å². The number of aromatic nitrogens is 2. The summed E-state index contributed by atoms with van der Waals surface area (Å²) in [5.41, 5.74) is 3.75. The van der Waals surface area contributed by atoms with Gasteiger partial charge in [-0.15, -0.1) is 10.2 Å². The van der Waals surface area contributed by atoms with Gasteiger partial charge in [-0.2, -0.15) is 0 Å². The van der Waals surface area contributed by atoms with Crippen LogP contribution in [0, 0.1) is 13.8 Å². The Balaban J connectivity index is 1.59. The topological polar surface area (TPSA) is 76.3 Å². The molecule has 2 aromatic carbocycles. The highest BCUT2D eigenvalue weighted by molar-refractivity contribution is 6.52. The van der Waals surface area contributed by atoms with Gasteiger partial charge in [0, 0.05) is 6.08 Å². The summed E-state index contributed by atoms with van der Waals surface area (Å²) >= 11 is 0. The van der Waals surface area contributed by atoms with E-state index in [0.29, 0.717) is 17.1 Å². The number of benzene rings is 2. The minimum absolute atomic E-state index is 0.0635. The van der Waals surface area contributed by atoms with Gasteiger partial charge in [0.05, 0.1) is 11.3 Å². The second-order valence-electron chi connectivity index (χ2n) is 6.42. The van der Waals surface area contributed by atoms with Gasteiger partial charge in [0.2, 0.25) is 11.8 Å². The second-order valence-corrected chi connectivity index (χ2v) is 6.42. The van der Waals surface area contributed by atoms with Gasteiger partial charge in [0.15, 0.2) is 0 Å². The molecule has 0 radical (unpaired) electrons. The largest absolute Gasteiger partial charge is 0.419 e. The number of nitrogens with zero attached hydrogens (tertiary/aromatic N) is 3. The molecule has 0 atom stereocenters. The van der Waals surface area contributed by atoms with Crippen molar-refractivity contribution in [2.45, 2.75) is 20.4 Å². The van der Waals surface area contributed by atoms with Crippen LogP contribution in [0.4, 0.5) is 5.69 Å². The lowest BCUT2D eigenvalue weighted by Gasteiger charge is -2.16. The molecule has 0 bridgehead atoms. The molecule has 6 nitrogen and oxygen atoms in total. The first-order valence-electron chi connectivity index (χ1n) is 8.56. The molecule has 27 heavy (non-hydrogen) atoms. The van der Waals surface area contributed by atoms with Crippen LogP contribution in [0.2, 0.25) is 0 Å². The van der Waals surface area contributed by atoms with E-state index >= 15 is 0 Å². The molecule has 0 unspecified atom stereocenters. The van der Waals surface area contributed by atoms with E-state index in [1.807, 2.05) is 62.4 Å². The monoisotopic (exact) mass is 359 g/mol. The van der Waals surface area contributed by atoms with Crippen molar-refractivity contribution >= 4 is 29.5 Å². The van der Waals surface area contributed by atoms with E-state index in [4.69, 9.17) is 4.42 Å². The molecule has 0 spiro atoms. The van der Waals surface area contributed by atoms with Crippen LogP contribution in [-0.4, -0.2) is 21.9 Å². The highest BCUT2D eigenvalue weighted by Gasteiger charge is 2.38. The second kappa shape index (κ2) is 6.64. The first-order valence-corrected chi connectivity index (χ1v) is 8.56. The van der Waals surface area contributed by atoms with E-state index in [-0.39, 0.29) is 12.4 Å². The quantitative estimate of drug-likeness (QED) is 0.666. The van der Waals surface area contributed by atoms with Crippen LogP contribution >= 0.6 is 0 Å². The zero-order valence-corrected chi connectivity index (χ0v) is 15.0. The third-order valence-electron chi connectivity index (χ3n) is 4.52. The van der Waals surface area contributed by atoms with Crippen LogP contribution in [0.25, 0.3) is 12.2 Å². The van der Waals surface area contributed by atoms with Crippen LogP contribution in [0.1, 0.15) is 38.8 Å². The van der Waals surface area contributed by atoms with Gasteiger partial charge in [-0.05, 0) is 36.6 Å². The summed E-state index contributed by atoms with van der Waals surface area (Å²) < 4.78 is 5.62. The molecule has 0 fully saturated rings. The van der Waals surface area contributed by atoms with Crippen molar-refractivity contribution in [1.29, 1.82) is 0 Å². The molecule has 3 aromatic rings. The Morgan fingerprint density at radius 1 is 0.963 bits per heavy atom. The maximum atomic E-state index is 12.5. The Morgan fingerprint density at radius 3 is 2.48 bits per heavy atom. The van der Waals surface area contributed by atoms with Crippen LogP contribution in [0.3, 0.4) is 0 Å². The average Bonchev–Trinajstić information content (AvgIpc) is 3.23. The first kappa shape index (κ1) is 16.9. The van der Waals surface area contributed by atoms with Gasteiger partial charge in [-0.25, -0.2) is 0 Å². The normalized spacial score (nSPS) is 13.6. The van der Waals surface area contributed by atoms with Gasteiger partial charge in [-0.3, -0.25) is 14.5 Å². The number of hydrogen-bond acceptors (Lipinski definition) is 5. The summed E-state index contributed by atoms with van der Waals surface area (Å²) in [4.78, 5) is 26.2. The van der Waals surface area contributed by atoms with E-state index in [9.17, 15) is 9.59 Å². The molecule has 0 N–H and O–H groups in total. The Bertz CT molecular complexity index is 1070. The van der Waals surface area contributed by atoms with Crippen LogP contribution in [-0.2, 0) is 11.3 Å². The van der Waals surface area contributed by atoms with Gasteiger partial charge in [0.1, 0.15) is 6.54 Å². The molecule has 0 saturated carbocycles. The van der Waals surface area contributed by atoms with Gasteiger partial charge < -0.3 is 4.42 Å². The van der Waals surface area contributed by atoms with Crippen molar-refractivity contribution in [1.82, 2.24) is 10.2 Å². The van der Waals surface area contributed by atoms with Crippen LogP contribution < -0.4 is 4.90 Å². The van der Waals surface area contributed by atoms with E-state index in [0.717, 1.165) is 16.7 Å². The van der Waals surface area contributed by atoms with Gasteiger partial charge >= 0.3 is 0 Å². The molecular formula is C21H17N3O3. The maximum absolute atomic E-state index is 12.5. The predicted molar refractivity (Wildman–Crippen MR) is 101 cm³/mol. The number of anilines is 1. The Morgan fingerprint density at radius 2 is 1.70 bits per heavy atom. The number of Topliss-reactive ketones (excluding diaryl/α,β-unsaturated/α-hetero) is 1. The predicted octanol–water partition coefficient (Wildman–Crippen LogP) is 3.59. The fraction of sp³-hybridized carbons (Fsp3) is 0.143. The molecule has 1 aliphatic rings. The average molecular weight is 359 g/mol. The molecule has 0 aliphatic carbocycles. The molecule has 2 heterocycles. The number of fused-ring (bicyclic) bond motifs is 1. The van der Waals surface area contributed by atoms with Crippen molar-refractivity contribution < 1.29 is 14.0 Å². The Kier molecular flexibility index (Phi) is 4.16. The molecule has 0 saturated heterocycles. The zero-order valence-electron chi connectivity index (χ0n) is 15.0. The van der Waals surface area contributed by atoms with E-state index in [2.05, 4.69) is 10.2 Å². The lowest BCUT2D eigenvalue weighted by atomic mass is 10.0. The van der Waals surface area contributed by atoms with Crippen LogP contribution in [0.5, 0.6) is 0 Å². The number of ketones is 1. The summed E-state index contributed by atoms with van der Waals surface area (Å²) in [5.74, 6) is -0.442. The number of carbonyl (C=O) groups is 2. The number of rotatable bonds is 4. The Hall–Kier alpha value is -3.54. The number of amides is 1. The summed E-state index contributed by atoms with van der Waals surface area (Å²) in [6.07, 6.45) is 3.58. The fourth-order valence-electron chi connectivity index (χ4n) is 3.18. The highest BCUT2D eigenvalue weighted by atomic mass is 16.4. The lowest BCUT2D eigenvalue weighted by molar-refractivity contribution is -0.114. The minimum atomic E-state index is -0.568. The summed E-state index contributed by atoms with van der Waals surface area (Å²) in [6, 6.07) is 13.5. The summed E-state index contributed by atoms with van der Waals surface area (Å²) in [7, 11) is 0. The van der Waals surface area contributed by atoms with Crippen molar-refractivity contribution in [3.8, 4) is 0 Å². The molecule has 1 aliphatic heterocycles. The first-order chi connectivity index (χ1) is 13.0. The smallest absolute Gasteiger partial charge is 0.299 e. The van der Waals surface area contributed by atoms with Crippen molar-refractivity contribution in [3.05, 3.63) is 76.5 Å². The lowest BCUT2D eigenvalue weighted by Crippen LogP contribution is -2.29. The SMILES string of the molecule is Cc1ccc(C)c2c1C(=O)C(=O)N2Cc1nnc(/C=C/c2ccccc2)o1. The van der Waals surface area contributed by atoms with Crippen molar-refractivity contribution in [2.75, 3.05) is 4.90 Å². The third kappa shape index (κ3) is 3.06. The van der Waals surface area contributed by atoms with Crippen LogP contribution in [0.15, 0.2) is 46.9 Å². The van der Waals surface area contributed by atoms with Gasteiger partial charge in [0.25, 0.3) is 11.7 Å². The molecular weight excluding hydrogens is 342 g/mol. The molecule has 6 heteroatoms. The minimum Gasteiger partial charge on any atom is -0.419 e. The number of aryl methyl sites for hydroxylation is 2. The highest BCUT2D eigenvalue weighted by Crippen LogP contribution is 2.35. The zero-order chi connectivity index (χ0) is 19.0. The maximum Gasteiger partial charge on any atom is 0.299 e. The third-order valence-corrected chi connectivity index (χ3v) is 4.52. The summed E-state index contributed by atoms with van der Waals surface area (Å²) in [5, 5.41) is 7.99. The van der Waals surface area contributed by atoms with Gasteiger partial charge in [-0.1, -0.05) is 42.5 Å². The van der Waals surface area contributed by atoms with E-state index in [1.165, 1.54) is 4.90 Å². The summed E-state index contributed by atoms with van der Waals surface area (Å²) in [6.45, 7) is 3.76. The molecule has 1 aromatic heterocycles. The van der Waals surface area contributed by atoms with Crippen molar-refractivity contribution in [2.24, 2.45) is 0 Å². The Labute approximate surface area is 156 Å². The number of hydrogen-bond donors (Lipinski definition) is 0. The molecule has 134 valence electrons. The molecule has 4 rings (SSSR count). The van der Waals surface area contributed by atoms with Crippen molar-refractivity contribution in [3.63, 3.8) is 0 Å². The molecule has 1 amide bonds.